The number of nitrogens with one attached hydrogen (secondary N) is 9. The zero-order valence-electron chi connectivity index (χ0n) is 77.2. The van der Waals surface area contributed by atoms with Crippen LogP contribution in [0, 0.1) is 34.5 Å². The Morgan fingerprint density at radius 2 is 1.41 bits per heavy atom. The van der Waals surface area contributed by atoms with Crippen LogP contribution in [0.4, 0.5) is 14.5 Å². The molecule has 3 saturated heterocycles. The lowest BCUT2D eigenvalue weighted by molar-refractivity contribution is -0.349. The Bertz CT molecular complexity index is 4550. The fourth-order valence-corrected chi connectivity index (χ4v) is 20.9. The third kappa shape index (κ3) is 22.9. The van der Waals surface area contributed by atoms with Crippen LogP contribution in [-0.4, -0.2) is 313 Å². The van der Waals surface area contributed by atoms with Gasteiger partial charge in [0.25, 0.3) is 0 Å². The average molecular weight is 1890 g/mol. The van der Waals surface area contributed by atoms with Crippen molar-refractivity contribution in [1.82, 2.24) is 53.3 Å². The summed E-state index contributed by atoms with van der Waals surface area (Å²) in [5.41, 5.74) is 7.13. The Kier molecular flexibility index (Phi) is 36.8. The maximum atomic E-state index is 18.2. The fraction of sp³-hybridized carbons (Fsp3) is 0.688. The van der Waals surface area contributed by atoms with E-state index in [-0.39, 0.29) is 141 Å². The molecule has 6 amide bonds. The van der Waals surface area contributed by atoms with E-state index in [0.717, 1.165) is 34.9 Å². The molecule has 24 atom stereocenters. The Balaban J connectivity index is 0.600. The van der Waals surface area contributed by atoms with Gasteiger partial charge < -0.3 is 136 Å². The zero-order chi connectivity index (χ0) is 96.5. The largest absolute Gasteiger partial charge is 0.394 e. The van der Waals surface area contributed by atoms with Gasteiger partial charge in [-0.05, 0) is 112 Å². The molecule has 5 aliphatic carbocycles. The van der Waals surface area contributed by atoms with Crippen molar-refractivity contribution in [3.05, 3.63) is 100 Å². The number of carbonyl (C=O) groups excluding carboxylic acids is 9. The van der Waals surface area contributed by atoms with Gasteiger partial charge in [0.2, 0.25) is 35.4 Å². The minimum absolute atomic E-state index is 0.0225. The maximum absolute atomic E-state index is 18.2. The highest BCUT2D eigenvalue weighted by molar-refractivity contribution is 6.03. The van der Waals surface area contributed by atoms with Crippen LogP contribution in [0.2, 0.25) is 0 Å². The number of carbonyl (C=O) groups is 9. The van der Waals surface area contributed by atoms with E-state index in [4.69, 9.17) is 53.2 Å². The lowest BCUT2D eigenvalue weighted by Crippen LogP contribution is -2.71. The van der Waals surface area contributed by atoms with E-state index in [1.807, 2.05) is 62.5 Å². The molecule has 41 heteroatoms. The van der Waals surface area contributed by atoms with E-state index < -0.39 is 224 Å². The number of rotatable bonds is 46. The number of Topliss-reactive ketones (excluding diaryl/α,β-unsaturated/α-hetero) is 2. The van der Waals surface area contributed by atoms with Gasteiger partial charge in [-0.25, -0.2) is 8.78 Å². The number of hydrogen-bond donors (Lipinski definition) is 18. The van der Waals surface area contributed by atoms with Crippen molar-refractivity contribution in [2.45, 2.75) is 273 Å². The van der Waals surface area contributed by atoms with Crippen molar-refractivity contribution in [3.63, 3.8) is 0 Å². The van der Waals surface area contributed by atoms with E-state index >= 15 is 13.6 Å². The van der Waals surface area contributed by atoms with Crippen LogP contribution in [-0.2, 0) is 97.1 Å². The molecule has 10 aliphatic rings. The normalized spacial score (nSPS) is 32.2. The fourth-order valence-electron chi connectivity index (χ4n) is 20.9. The van der Waals surface area contributed by atoms with Crippen LogP contribution in [0.1, 0.15) is 167 Å². The molecule has 3 saturated carbocycles. The number of hydrazine groups is 3. The minimum Gasteiger partial charge on any atom is -0.394 e. The summed E-state index contributed by atoms with van der Waals surface area (Å²) in [6.45, 7) is 9.30. The highest BCUT2D eigenvalue weighted by atomic mass is 19.1. The molecule has 2 aromatic carbocycles. The Morgan fingerprint density at radius 3 is 2.11 bits per heavy atom. The standard InChI is InChI=1S/C93H136F2N12O27/c1-8-18-75-132-70-44-57-58-43-60(94)59-42-54(110)28-30-90(59,5)92(58,95)68(112)45-91(57,6)93(70,134-75)69(113)46-100-86(123)52(4)41-64(111)76(51(2)3)102-87(124)61(22-16-17-31-98-73(116)50-129-65-25-11-9-10-24-63-79(65)104-105-107(63)88-83(121)82(120)85(67(49-109)130-88)133-89-84(122)81(119)80(118)66(48-108)131-89)101-72(115)29-33-125-35-37-127-39-40-128-38-36-126-34-32-99-71(114)26-27-74(117)106-47-53-19-12-13-20-55(53)77(97-7)78(103-96)56-21-14-15-23-62(56)106/h12-15,19-21,23,28,30,42,51-52,57-58,60-61,65-68,70,75-76,80-85,88-89,97,103-105,108-109,112,118-122H,8-11,16-18,22,24-27,29,31-41,43-50,96H2,1-7H3,(H,98,116)(H,99,114)(H,100,123)(H,101,115)(H,102,124)/b78-77-/t52-,57+,58+,60+,61-,65?,66-,67-,68+,70-,75?,76+,80-,81+,82-,83-,84-,85-,88+,89-,90+,91+,92+,93-/m1/s1. The second-order valence-corrected chi connectivity index (χ2v) is 36.9. The topological polar surface area (TPSA) is 549 Å². The minimum atomic E-state index is -2.45. The van der Waals surface area contributed by atoms with Crippen LogP contribution < -0.4 is 59.0 Å². The number of ether oxygens (including phenoxy) is 10. The van der Waals surface area contributed by atoms with Crippen LogP contribution in [0.3, 0.4) is 0 Å². The highest BCUT2D eigenvalue weighted by Gasteiger charge is 2.80. The summed E-state index contributed by atoms with van der Waals surface area (Å²) in [5, 5.41) is 105. The van der Waals surface area contributed by atoms with E-state index in [2.05, 4.69) is 48.3 Å². The first kappa shape index (κ1) is 104. The zero-order valence-corrected chi connectivity index (χ0v) is 77.2. The number of anilines is 1. The van der Waals surface area contributed by atoms with Crippen molar-refractivity contribution in [2.75, 3.05) is 104 Å². The molecule has 2 aromatic rings. The third-order valence-electron chi connectivity index (χ3n) is 28.0. The molecule has 0 aromatic heterocycles. The number of aliphatic hydroxyl groups excluding tert-OH is 8. The SMILES string of the molecule is CCCC1O[C@@H]2C[C@H]3[C@@H]4C[C@H](F)C5=CC(=O)C=C[C@]5(C)[C@@]4(F)[C@@H](O)C[C@]3(C)[C@]2(C(=O)CNC(=O)[C@H](C)CC(=O)[C@@H](NC(=O)[C@@H](CCCCNC(=O)COC2CCCCCC3=C2NNN3[C@H]2O[C@H](CO)[C@@H](O[C@H]3O[C@H](CO)[C@@H](O)[C@H](O)[C@H]3O)[C@H](O)[C@H]2O)NC(=O)CCOCCOCCOCCOCCNC(=O)CCC(=O)N2Cc3ccccc3/C(NC)=C(/NN)c3ccccc32)C(C)C)O1. The lowest BCUT2D eigenvalue weighted by Gasteiger charge is -2.63. The number of hydrogen-bond acceptors (Lipinski definition) is 33. The number of fused-ring (bicyclic) bond motifs is 9. The number of amides is 6. The summed E-state index contributed by atoms with van der Waals surface area (Å²) < 4.78 is 94.0. The molecule has 19 N–H and O–H groups in total. The number of allylic oxidation sites excluding steroid dienone is 5. The second kappa shape index (κ2) is 47.2. The van der Waals surface area contributed by atoms with Gasteiger partial charge >= 0.3 is 0 Å². The first-order chi connectivity index (χ1) is 64.2. The summed E-state index contributed by atoms with van der Waals surface area (Å²) in [6, 6.07) is 12.7. The summed E-state index contributed by atoms with van der Waals surface area (Å²) in [5.74, 6) is -2.15. The molecular weight excluding hydrogens is 1760 g/mol. The number of nitrogens with zero attached hydrogens (tertiary/aromatic N) is 2. The van der Waals surface area contributed by atoms with Crippen molar-refractivity contribution in [3.8, 4) is 0 Å². The number of nitrogens with two attached hydrogens (primary N) is 1. The van der Waals surface area contributed by atoms with E-state index in [1.165, 1.54) is 31.0 Å². The smallest absolute Gasteiger partial charge is 0.246 e. The molecule has 134 heavy (non-hydrogen) atoms. The molecule has 39 nitrogen and oxygen atoms in total. The molecule has 0 bridgehead atoms. The Labute approximate surface area is 777 Å². The van der Waals surface area contributed by atoms with Gasteiger partial charge in [-0.3, -0.25) is 54.0 Å². The summed E-state index contributed by atoms with van der Waals surface area (Å²) >= 11 is 0. The van der Waals surface area contributed by atoms with Crippen LogP contribution >= 0.6 is 0 Å². The summed E-state index contributed by atoms with van der Waals surface area (Å²) in [6.07, 6.45) is -15.4. The monoisotopic (exact) mass is 1890 g/mol. The van der Waals surface area contributed by atoms with Crippen LogP contribution in [0.5, 0.6) is 0 Å². The van der Waals surface area contributed by atoms with E-state index in [9.17, 15) is 79.2 Å². The summed E-state index contributed by atoms with van der Waals surface area (Å²) in [4.78, 5) is 127. The number of ketones is 3. The van der Waals surface area contributed by atoms with E-state index in [1.54, 1.807) is 25.7 Å². The highest BCUT2D eigenvalue weighted by Crippen LogP contribution is 2.72. The van der Waals surface area contributed by atoms with Gasteiger partial charge in [0.05, 0.1) is 126 Å². The predicted molar refractivity (Wildman–Crippen MR) is 476 cm³/mol. The van der Waals surface area contributed by atoms with Crippen molar-refractivity contribution in [1.29, 1.82) is 0 Å². The molecule has 0 radical (unpaired) electrons. The molecule has 5 heterocycles. The lowest BCUT2D eigenvalue weighted by atomic mass is 9.44. The van der Waals surface area contributed by atoms with Crippen molar-refractivity contribution < 1.29 is 140 Å². The number of para-hydroxylation sites is 1. The van der Waals surface area contributed by atoms with Crippen LogP contribution in [0.15, 0.2) is 83.7 Å². The number of benzene rings is 2. The van der Waals surface area contributed by atoms with Crippen molar-refractivity contribution >= 4 is 69.9 Å². The van der Waals surface area contributed by atoms with Crippen molar-refractivity contribution in [2.24, 2.45) is 40.3 Å². The van der Waals surface area contributed by atoms with Gasteiger partial charge in [-0.2, -0.15) is 0 Å². The molecule has 5 aliphatic heterocycles. The van der Waals surface area contributed by atoms with Gasteiger partial charge in [0.15, 0.2) is 47.4 Å². The molecule has 744 valence electrons. The summed E-state index contributed by atoms with van der Waals surface area (Å²) in [7, 11) is 1.81. The molecule has 12 rings (SSSR count). The Hall–Kier alpha value is -8.51. The quantitative estimate of drug-likeness (QED) is 0.0241. The van der Waals surface area contributed by atoms with Gasteiger partial charge in [0, 0.05) is 79.6 Å². The molecule has 2 unspecified atom stereocenters. The maximum Gasteiger partial charge on any atom is 0.246 e. The number of unbranched alkanes of at least 4 members (excludes halogenated alkanes) is 1. The average Bonchev–Trinajstić information content (AvgIpc) is 1.46. The first-order valence-corrected chi connectivity index (χ1v) is 46.9. The number of halogens is 2. The second-order valence-electron chi connectivity index (χ2n) is 36.9. The molecule has 0 spiro atoms. The molecule has 6 fully saturated rings. The van der Waals surface area contributed by atoms with Gasteiger partial charge in [-0.15, -0.1) is 5.53 Å². The third-order valence-corrected chi connectivity index (χ3v) is 28.0. The number of alkyl halides is 2. The van der Waals surface area contributed by atoms with Crippen LogP contribution in [0.25, 0.3) is 11.4 Å². The predicted octanol–water partition coefficient (Wildman–Crippen LogP) is 0.306. The van der Waals surface area contributed by atoms with Gasteiger partial charge in [-0.1, -0.05) is 102 Å². The van der Waals surface area contributed by atoms with E-state index in [0.29, 0.717) is 67.7 Å². The molecular formula is C93H136F2N12O27. The number of aliphatic hydroxyl groups is 8. The Morgan fingerprint density at radius 1 is 0.716 bits per heavy atom. The van der Waals surface area contributed by atoms with Gasteiger partial charge in [0.1, 0.15) is 73.8 Å². The first-order valence-electron chi connectivity index (χ1n) is 46.9.